The van der Waals surface area contributed by atoms with Crippen LogP contribution >= 0.6 is 0 Å². The standard InChI is InChI=1S/C6H11NSi/c1-6(7-2)4-3-5-8/h3-5H,8H2,1-2H3/b4-3-,7-6?. The lowest BCUT2D eigenvalue weighted by Gasteiger charge is -1.81. The van der Waals surface area contributed by atoms with E-state index >= 15 is 0 Å². The van der Waals surface area contributed by atoms with Gasteiger partial charge in [0.2, 0.25) is 0 Å². The third kappa shape index (κ3) is 3.68. The summed E-state index contributed by atoms with van der Waals surface area (Å²) in [6.07, 6.45) is 3.97. The fraction of sp³-hybridized carbons (Fsp3) is 0.333. The van der Waals surface area contributed by atoms with Crippen LogP contribution in [0, 0.1) is 0 Å². The van der Waals surface area contributed by atoms with Gasteiger partial charge in [-0.05, 0) is 22.9 Å². The van der Waals surface area contributed by atoms with E-state index in [9.17, 15) is 0 Å². The highest BCUT2D eigenvalue weighted by molar-refractivity contribution is 6.31. The molecule has 0 aliphatic carbocycles. The highest BCUT2D eigenvalue weighted by atomic mass is 28.1. The van der Waals surface area contributed by atoms with E-state index in [1.54, 1.807) is 7.05 Å². The van der Waals surface area contributed by atoms with Crippen molar-refractivity contribution in [1.82, 2.24) is 0 Å². The maximum absolute atomic E-state index is 3.94. The first-order valence-electron chi connectivity index (χ1n) is 2.53. The largest absolute Gasteiger partial charge is 0.293 e. The molecular formula is C6H11NSi. The van der Waals surface area contributed by atoms with Gasteiger partial charge >= 0.3 is 0 Å². The van der Waals surface area contributed by atoms with Crippen molar-refractivity contribution in [1.29, 1.82) is 0 Å². The van der Waals surface area contributed by atoms with Crippen LogP contribution in [0.3, 0.4) is 0 Å². The van der Waals surface area contributed by atoms with E-state index in [2.05, 4.69) is 4.99 Å². The summed E-state index contributed by atoms with van der Waals surface area (Å²) in [7, 11) is 3.60. The van der Waals surface area contributed by atoms with Crippen LogP contribution in [0.1, 0.15) is 6.92 Å². The molecule has 0 atom stereocenters. The number of rotatable bonds is 2. The molecule has 0 N–H and O–H groups in total. The Morgan fingerprint density at radius 2 is 2.25 bits per heavy atom. The lowest BCUT2D eigenvalue weighted by Crippen LogP contribution is -1.81. The van der Waals surface area contributed by atoms with E-state index in [0.29, 0.717) is 0 Å². The minimum Gasteiger partial charge on any atom is -0.293 e. The van der Waals surface area contributed by atoms with Crippen LogP contribution in [-0.2, 0) is 0 Å². The van der Waals surface area contributed by atoms with Crippen LogP contribution in [0.2, 0.25) is 0 Å². The predicted octanol–water partition coefficient (Wildman–Crippen LogP) is 0.0686. The molecule has 0 aromatic rings. The molecule has 8 heavy (non-hydrogen) atoms. The van der Waals surface area contributed by atoms with Crippen molar-refractivity contribution in [3.8, 4) is 0 Å². The smallest absolute Gasteiger partial charge is 0.0313 e. The third-order valence-electron chi connectivity index (χ3n) is 0.826. The molecule has 0 bridgehead atoms. The van der Waals surface area contributed by atoms with Gasteiger partial charge in [-0.15, -0.1) is 0 Å². The predicted molar refractivity (Wildman–Crippen MR) is 42.8 cm³/mol. The van der Waals surface area contributed by atoms with Crippen LogP contribution in [0.4, 0.5) is 0 Å². The topological polar surface area (TPSA) is 12.4 Å². The molecular weight excluding hydrogens is 114 g/mol. The van der Waals surface area contributed by atoms with E-state index in [0.717, 1.165) is 5.71 Å². The number of aliphatic imine (C=N–C) groups is 1. The van der Waals surface area contributed by atoms with Gasteiger partial charge in [0.1, 0.15) is 0 Å². The van der Waals surface area contributed by atoms with Gasteiger partial charge in [0, 0.05) is 12.8 Å². The third-order valence-corrected chi connectivity index (χ3v) is 1.10. The fourth-order valence-electron chi connectivity index (χ4n) is 0.282. The number of allylic oxidation sites excluding steroid dienone is 2. The van der Waals surface area contributed by atoms with Crippen molar-refractivity contribution >= 4 is 21.2 Å². The van der Waals surface area contributed by atoms with Gasteiger partial charge in [0.05, 0.1) is 0 Å². The number of hydrogen-bond donors (Lipinski definition) is 0. The molecule has 0 aromatic heterocycles. The molecule has 2 heteroatoms. The van der Waals surface area contributed by atoms with Gasteiger partial charge in [-0.1, -0.05) is 11.7 Å². The molecule has 0 aliphatic rings. The highest BCUT2D eigenvalue weighted by Gasteiger charge is 1.72. The number of nitrogens with zero attached hydrogens (tertiary/aromatic N) is 1. The summed E-state index contributed by atoms with van der Waals surface area (Å²) in [6.45, 7) is 1.98. The second kappa shape index (κ2) is 4.65. The lowest BCUT2D eigenvalue weighted by molar-refractivity contribution is 1.43. The van der Waals surface area contributed by atoms with Gasteiger partial charge in [0.25, 0.3) is 0 Å². The molecule has 0 amide bonds. The van der Waals surface area contributed by atoms with Crippen molar-refractivity contribution < 1.29 is 0 Å². The Morgan fingerprint density at radius 3 is 2.62 bits per heavy atom. The van der Waals surface area contributed by atoms with Crippen molar-refractivity contribution in [2.75, 3.05) is 7.05 Å². The highest BCUT2D eigenvalue weighted by Crippen LogP contribution is 1.74. The van der Waals surface area contributed by atoms with Crippen LogP contribution in [0.25, 0.3) is 0 Å². The van der Waals surface area contributed by atoms with Crippen molar-refractivity contribution in [3.05, 3.63) is 12.2 Å². The second-order valence-electron chi connectivity index (χ2n) is 1.46. The molecule has 0 aromatic carbocycles. The molecule has 0 aliphatic heterocycles. The molecule has 0 heterocycles. The lowest BCUT2D eigenvalue weighted by atomic mass is 10.4. The quantitative estimate of drug-likeness (QED) is 0.366. The van der Waals surface area contributed by atoms with E-state index in [1.807, 2.05) is 34.6 Å². The monoisotopic (exact) mass is 125 g/mol. The maximum atomic E-state index is 3.94. The van der Waals surface area contributed by atoms with Crippen molar-refractivity contribution in [2.24, 2.45) is 4.99 Å². The van der Waals surface area contributed by atoms with Crippen LogP contribution in [-0.4, -0.2) is 28.3 Å². The van der Waals surface area contributed by atoms with Gasteiger partial charge < -0.3 is 0 Å². The van der Waals surface area contributed by atoms with E-state index in [1.165, 1.54) is 0 Å². The van der Waals surface area contributed by atoms with Crippen molar-refractivity contribution in [3.63, 3.8) is 0 Å². The van der Waals surface area contributed by atoms with Crippen LogP contribution in [0.5, 0.6) is 0 Å². The Balaban J connectivity index is 3.69. The molecule has 0 saturated heterocycles. The summed E-state index contributed by atoms with van der Waals surface area (Å²) in [4.78, 5) is 3.94. The average molecular weight is 125 g/mol. The van der Waals surface area contributed by atoms with Gasteiger partial charge in [-0.2, -0.15) is 0 Å². The molecule has 0 rings (SSSR count). The Bertz CT molecular complexity index is 124. The molecule has 44 valence electrons. The Hall–Kier alpha value is -0.503. The van der Waals surface area contributed by atoms with E-state index in [-0.39, 0.29) is 0 Å². The molecule has 0 saturated carbocycles. The Kier molecular flexibility index (Phi) is 4.36. The molecule has 0 radical (unpaired) electrons. The fourth-order valence-corrected chi connectivity index (χ4v) is 0.418. The van der Waals surface area contributed by atoms with Gasteiger partial charge in [0.15, 0.2) is 0 Å². The van der Waals surface area contributed by atoms with E-state index in [4.69, 9.17) is 0 Å². The zero-order valence-electron chi connectivity index (χ0n) is 5.39. The second-order valence-corrected chi connectivity index (χ2v) is 1.93. The SMILES string of the molecule is CN=C(C)/C=C\C=[SiH2]. The molecule has 0 spiro atoms. The van der Waals surface area contributed by atoms with Gasteiger partial charge in [-0.25, -0.2) is 0 Å². The van der Waals surface area contributed by atoms with Crippen LogP contribution in [0.15, 0.2) is 17.1 Å². The Morgan fingerprint density at radius 1 is 1.62 bits per heavy atom. The molecule has 0 fully saturated rings. The minimum atomic E-state index is 1.06. The van der Waals surface area contributed by atoms with Crippen LogP contribution < -0.4 is 0 Å². The zero-order chi connectivity index (χ0) is 6.41. The summed E-state index contributed by atoms with van der Waals surface area (Å²) < 4.78 is 0. The first-order chi connectivity index (χ1) is 3.81. The summed E-state index contributed by atoms with van der Waals surface area (Å²) in [6, 6.07) is 0. The van der Waals surface area contributed by atoms with E-state index < -0.39 is 0 Å². The average Bonchev–Trinajstić information content (AvgIpc) is 1.83. The first kappa shape index (κ1) is 7.50. The summed E-state index contributed by atoms with van der Waals surface area (Å²) in [5.41, 5.74) is 3.07. The maximum Gasteiger partial charge on any atom is 0.0313 e. The zero-order valence-corrected chi connectivity index (χ0v) is 6.80. The summed E-state index contributed by atoms with van der Waals surface area (Å²) in [5.74, 6) is 0. The number of hydrogen-bond acceptors (Lipinski definition) is 1. The molecule has 1 nitrogen and oxygen atoms in total. The summed E-state index contributed by atoms with van der Waals surface area (Å²) >= 11 is 0. The van der Waals surface area contributed by atoms with Gasteiger partial charge in [-0.3, -0.25) is 4.99 Å². The summed E-state index contributed by atoms with van der Waals surface area (Å²) in [5, 5.41) is 0. The minimum absolute atomic E-state index is 1.06. The normalized spacial score (nSPS) is 12.5. The van der Waals surface area contributed by atoms with Crippen molar-refractivity contribution in [2.45, 2.75) is 6.92 Å². The molecule has 0 unspecified atom stereocenters. The first-order valence-corrected chi connectivity index (χ1v) is 3.35. The Labute approximate surface area is 53.2 Å².